The van der Waals surface area contributed by atoms with Gasteiger partial charge in [-0.3, -0.25) is 0 Å². The smallest absolute Gasteiger partial charge is 0.147 e. The van der Waals surface area contributed by atoms with Crippen molar-refractivity contribution in [1.29, 1.82) is 0 Å². The van der Waals surface area contributed by atoms with E-state index < -0.39 is 0 Å². The van der Waals surface area contributed by atoms with Gasteiger partial charge in [0.05, 0.1) is 0 Å². The van der Waals surface area contributed by atoms with E-state index in [1.165, 1.54) is 18.1 Å². The molecule has 0 aliphatic carbocycles. The zero-order valence-corrected chi connectivity index (χ0v) is 13.0. The molecular formula is C12H14BrN5S. The van der Waals surface area contributed by atoms with Gasteiger partial charge in [0, 0.05) is 16.2 Å². The van der Waals surface area contributed by atoms with Crippen molar-refractivity contribution < 1.29 is 0 Å². The maximum absolute atomic E-state index is 5.50. The molecule has 0 aliphatic heterocycles. The maximum Gasteiger partial charge on any atom is 0.147 e. The fourth-order valence-corrected chi connectivity index (χ4v) is 2.83. The molecule has 2 heterocycles. The Morgan fingerprint density at radius 1 is 1.26 bits per heavy atom. The van der Waals surface area contributed by atoms with Gasteiger partial charge in [-0.05, 0) is 45.7 Å². The van der Waals surface area contributed by atoms with Gasteiger partial charge in [0.25, 0.3) is 0 Å². The molecule has 7 heteroatoms. The number of aromatic nitrogens is 3. The minimum atomic E-state index is 0.269. The molecule has 0 bridgehead atoms. The number of nitrogens with one attached hydrogen (secondary N) is 1. The highest BCUT2D eigenvalue weighted by Gasteiger charge is 2.15. The molecule has 0 spiro atoms. The second kappa shape index (κ2) is 6.31. The second-order valence-corrected chi connectivity index (χ2v) is 6.08. The van der Waals surface area contributed by atoms with Crippen LogP contribution in [0.4, 0.5) is 5.82 Å². The van der Waals surface area contributed by atoms with Crippen LogP contribution in [0.15, 0.2) is 39.2 Å². The average Bonchev–Trinajstić information content (AvgIpc) is 2.40. The van der Waals surface area contributed by atoms with E-state index in [4.69, 9.17) is 5.84 Å². The Labute approximate surface area is 124 Å². The Balaban J connectivity index is 2.36. The predicted molar refractivity (Wildman–Crippen MR) is 80.0 cm³/mol. The van der Waals surface area contributed by atoms with Gasteiger partial charge in [-0.2, -0.15) is 0 Å². The van der Waals surface area contributed by atoms with Gasteiger partial charge in [-0.15, -0.1) is 0 Å². The van der Waals surface area contributed by atoms with Crippen LogP contribution in [-0.4, -0.2) is 15.0 Å². The molecule has 100 valence electrons. The number of anilines is 1. The topological polar surface area (TPSA) is 76.7 Å². The summed E-state index contributed by atoms with van der Waals surface area (Å²) < 4.78 is 0.952. The van der Waals surface area contributed by atoms with Crippen molar-refractivity contribution in [2.45, 2.75) is 29.8 Å². The number of pyridine rings is 1. The first-order chi connectivity index (χ1) is 9.11. The Hall–Kier alpha value is -1.18. The zero-order chi connectivity index (χ0) is 13.8. The summed E-state index contributed by atoms with van der Waals surface area (Å²) in [5.74, 6) is 6.42. The highest BCUT2D eigenvalue weighted by atomic mass is 79.9. The summed E-state index contributed by atoms with van der Waals surface area (Å²) >= 11 is 4.87. The van der Waals surface area contributed by atoms with Crippen molar-refractivity contribution in [2.24, 2.45) is 5.84 Å². The van der Waals surface area contributed by atoms with E-state index in [-0.39, 0.29) is 5.92 Å². The number of rotatable bonds is 4. The first kappa shape index (κ1) is 14.2. The summed E-state index contributed by atoms with van der Waals surface area (Å²) in [6.07, 6.45) is 3.27. The van der Waals surface area contributed by atoms with Crippen LogP contribution in [0.1, 0.15) is 25.3 Å². The lowest BCUT2D eigenvalue weighted by Gasteiger charge is -2.14. The van der Waals surface area contributed by atoms with Crippen LogP contribution >= 0.6 is 27.7 Å². The van der Waals surface area contributed by atoms with Crippen LogP contribution in [0.25, 0.3) is 0 Å². The highest BCUT2D eigenvalue weighted by Crippen LogP contribution is 2.34. The zero-order valence-electron chi connectivity index (χ0n) is 10.6. The minimum absolute atomic E-state index is 0.269. The van der Waals surface area contributed by atoms with Gasteiger partial charge in [0.1, 0.15) is 22.2 Å². The third kappa shape index (κ3) is 3.43. The molecule has 0 aliphatic rings. The number of hydrogen-bond acceptors (Lipinski definition) is 6. The normalized spacial score (nSPS) is 10.8. The molecule has 0 fully saturated rings. The van der Waals surface area contributed by atoms with Crippen molar-refractivity contribution in [3.8, 4) is 0 Å². The van der Waals surface area contributed by atoms with Gasteiger partial charge in [-0.1, -0.05) is 13.8 Å². The quantitative estimate of drug-likeness (QED) is 0.506. The van der Waals surface area contributed by atoms with E-state index in [0.717, 1.165) is 20.1 Å². The average molecular weight is 340 g/mol. The summed E-state index contributed by atoms with van der Waals surface area (Å²) in [4.78, 5) is 12.8. The third-order valence-corrected chi connectivity index (χ3v) is 3.90. The molecule has 2 rings (SSSR count). The molecular weight excluding hydrogens is 326 g/mol. The molecule has 0 atom stereocenters. The van der Waals surface area contributed by atoms with Crippen LogP contribution in [0, 0.1) is 0 Å². The molecule has 2 aromatic rings. The van der Waals surface area contributed by atoms with Crippen molar-refractivity contribution in [1.82, 2.24) is 15.0 Å². The Morgan fingerprint density at radius 2 is 2.05 bits per heavy atom. The molecule has 0 unspecified atom stereocenters. The van der Waals surface area contributed by atoms with E-state index in [0.29, 0.717) is 5.82 Å². The van der Waals surface area contributed by atoms with E-state index in [2.05, 4.69) is 50.2 Å². The van der Waals surface area contributed by atoms with E-state index in [1.807, 2.05) is 12.1 Å². The van der Waals surface area contributed by atoms with Gasteiger partial charge < -0.3 is 5.43 Å². The van der Waals surface area contributed by atoms with E-state index >= 15 is 0 Å². The summed E-state index contributed by atoms with van der Waals surface area (Å²) in [6.45, 7) is 4.16. The molecule has 0 radical (unpaired) electrons. The monoisotopic (exact) mass is 339 g/mol. The fourth-order valence-electron chi connectivity index (χ4n) is 1.62. The number of hydrogen-bond donors (Lipinski definition) is 2. The predicted octanol–water partition coefficient (Wildman–Crippen LogP) is 3.19. The molecule has 0 saturated carbocycles. The van der Waals surface area contributed by atoms with Crippen molar-refractivity contribution in [2.75, 3.05) is 5.43 Å². The molecule has 3 N–H and O–H groups in total. The van der Waals surface area contributed by atoms with Crippen LogP contribution in [-0.2, 0) is 0 Å². The first-order valence-electron chi connectivity index (χ1n) is 5.72. The van der Waals surface area contributed by atoms with E-state index in [1.54, 1.807) is 6.20 Å². The van der Waals surface area contributed by atoms with Crippen molar-refractivity contribution >= 4 is 33.5 Å². The number of nitrogens with zero attached hydrogens (tertiary/aromatic N) is 3. The Morgan fingerprint density at radius 3 is 2.63 bits per heavy atom. The second-order valence-electron chi connectivity index (χ2n) is 4.16. The Kier molecular flexibility index (Phi) is 4.73. The lowest BCUT2D eigenvalue weighted by molar-refractivity contribution is 0.803. The number of hydrazine groups is 1. The van der Waals surface area contributed by atoms with E-state index in [9.17, 15) is 0 Å². The largest absolute Gasteiger partial charge is 0.308 e. The summed E-state index contributed by atoms with van der Waals surface area (Å²) in [6, 6.07) is 3.89. The molecule has 2 aromatic heterocycles. The highest BCUT2D eigenvalue weighted by molar-refractivity contribution is 9.10. The molecule has 0 amide bonds. The number of halogens is 1. The maximum atomic E-state index is 5.50. The van der Waals surface area contributed by atoms with Gasteiger partial charge in [0.2, 0.25) is 0 Å². The molecule has 0 saturated heterocycles. The van der Waals surface area contributed by atoms with Gasteiger partial charge >= 0.3 is 0 Å². The van der Waals surface area contributed by atoms with Crippen LogP contribution in [0.5, 0.6) is 0 Å². The fraction of sp³-hybridized carbons (Fsp3) is 0.250. The Bertz CT molecular complexity index is 559. The summed E-state index contributed by atoms with van der Waals surface area (Å²) in [7, 11) is 0. The number of nitrogens with two attached hydrogens (primary N) is 1. The standard InChI is InChI=1S/C12H14BrN5S/c1-7(2)10-11(18-14)16-6-17-12(10)19-9-4-3-8(13)5-15-9/h3-7H,14H2,1-2H3,(H,16,17,18). The molecule has 19 heavy (non-hydrogen) atoms. The lowest BCUT2D eigenvalue weighted by atomic mass is 10.1. The summed E-state index contributed by atoms with van der Waals surface area (Å²) in [5, 5.41) is 1.75. The van der Waals surface area contributed by atoms with Crippen LogP contribution in [0.3, 0.4) is 0 Å². The summed E-state index contributed by atoms with van der Waals surface area (Å²) in [5.41, 5.74) is 3.62. The number of nitrogen functional groups attached to an aromatic ring is 1. The van der Waals surface area contributed by atoms with Crippen molar-refractivity contribution in [3.63, 3.8) is 0 Å². The minimum Gasteiger partial charge on any atom is -0.308 e. The van der Waals surface area contributed by atoms with Crippen LogP contribution in [0.2, 0.25) is 0 Å². The first-order valence-corrected chi connectivity index (χ1v) is 7.33. The van der Waals surface area contributed by atoms with Crippen molar-refractivity contribution in [3.05, 3.63) is 34.7 Å². The van der Waals surface area contributed by atoms with Gasteiger partial charge in [-0.25, -0.2) is 20.8 Å². The van der Waals surface area contributed by atoms with Gasteiger partial charge in [0.15, 0.2) is 0 Å². The molecule has 5 nitrogen and oxygen atoms in total. The third-order valence-electron chi connectivity index (χ3n) is 2.46. The SMILES string of the molecule is CC(C)c1c(NN)ncnc1Sc1ccc(Br)cn1. The molecule has 0 aromatic carbocycles. The lowest BCUT2D eigenvalue weighted by Crippen LogP contribution is -2.13. The van der Waals surface area contributed by atoms with Crippen LogP contribution < -0.4 is 11.3 Å².